The number of rotatable bonds is 8. The second kappa shape index (κ2) is 8.04. The smallest absolute Gasteiger partial charge is 0.166 e. The summed E-state index contributed by atoms with van der Waals surface area (Å²) in [5, 5.41) is 0. The zero-order valence-electron chi connectivity index (χ0n) is 11.9. The molecule has 0 bridgehead atoms. The molecule has 1 atom stereocenters. The Morgan fingerprint density at radius 1 is 1.22 bits per heavy atom. The molecule has 1 unspecified atom stereocenters. The second-order valence-electron chi connectivity index (χ2n) is 5.10. The van der Waals surface area contributed by atoms with Crippen LogP contribution < -0.4 is 0 Å². The van der Waals surface area contributed by atoms with Crippen LogP contribution in [0, 0.1) is 5.92 Å². The minimum Gasteiger partial charge on any atom is -0.306 e. The predicted molar refractivity (Wildman–Crippen MR) is 77.0 cm³/mol. The third-order valence-electron chi connectivity index (χ3n) is 3.23. The quantitative estimate of drug-likeness (QED) is 0.516. The molecule has 0 aliphatic carbocycles. The molecule has 0 aliphatic rings. The topological polar surface area (TPSA) is 20.3 Å². The zero-order chi connectivity index (χ0) is 13.4. The van der Waals surface area contributed by atoms with E-state index in [-0.39, 0.29) is 11.7 Å². The van der Waals surface area contributed by atoms with Crippen LogP contribution in [0.15, 0.2) is 30.3 Å². The minimum atomic E-state index is 0.0685. The van der Waals surface area contributed by atoms with Crippen molar-refractivity contribution >= 4 is 5.78 Å². The monoisotopic (exact) mass is 247 g/mol. The van der Waals surface area contributed by atoms with Gasteiger partial charge in [-0.2, -0.15) is 0 Å². The number of carbonyl (C=O) groups excluding carboxylic acids is 1. The molecule has 0 radical (unpaired) electrons. The van der Waals surface area contributed by atoms with Gasteiger partial charge in [0, 0.05) is 18.0 Å². The van der Waals surface area contributed by atoms with Crippen LogP contribution in [0.1, 0.15) is 43.5 Å². The van der Waals surface area contributed by atoms with Crippen LogP contribution in [-0.4, -0.2) is 30.8 Å². The normalized spacial score (nSPS) is 12.7. The second-order valence-corrected chi connectivity index (χ2v) is 5.10. The number of nitrogens with zero attached hydrogens (tertiary/aromatic N) is 1. The average Bonchev–Trinajstić information content (AvgIpc) is 2.39. The van der Waals surface area contributed by atoms with E-state index in [4.69, 9.17) is 0 Å². The van der Waals surface area contributed by atoms with Crippen molar-refractivity contribution in [2.45, 2.75) is 33.1 Å². The van der Waals surface area contributed by atoms with Gasteiger partial charge in [0.25, 0.3) is 0 Å². The van der Waals surface area contributed by atoms with Crippen molar-refractivity contribution in [1.29, 1.82) is 0 Å². The lowest BCUT2D eigenvalue weighted by Crippen LogP contribution is -2.29. The predicted octanol–water partition coefficient (Wildman–Crippen LogP) is 3.63. The van der Waals surface area contributed by atoms with E-state index in [2.05, 4.69) is 18.9 Å². The van der Waals surface area contributed by atoms with Gasteiger partial charge in [0.15, 0.2) is 5.78 Å². The van der Waals surface area contributed by atoms with Crippen LogP contribution in [0.5, 0.6) is 0 Å². The first-order valence-corrected chi connectivity index (χ1v) is 6.93. The molecule has 1 aromatic carbocycles. The van der Waals surface area contributed by atoms with E-state index < -0.39 is 0 Å². The Morgan fingerprint density at radius 3 is 2.50 bits per heavy atom. The van der Waals surface area contributed by atoms with Gasteiger partial charge in [0.1, 0.15) is 0 Å². The SMILES string of the molecule is CCCCCN(C)CC(C)C(=O)c1ccccc1. The molecule has 2 heteroatoms. The highest BCUT2D eigenvalue weighted by atomic mass is 16.1. The largest absolute Gasteiger partial charge is 0.306 e. The zero-order valence-corrected chi connectivity index (χ0v) is 11.9. The van der Waals surface area contributed by atoms with Crippen molar-refractivity contribution in [2.75, 3.05) is 20.1 Å². The fourth-order valence-corrected chi connectivity index (χ4v) is 2.16. The van der Waals surface area contributed by atoms with Crippen LogP contribution in [0.4, 0.5) is 0 Å². The van der Waals surface area contributed by atoms with E-state index in [0.717, 1.165) is 18.7 Å². The molecule has 1 rings (SSSR count). The Kier molecular flexibility index (Phi) is 6.66. The Balaban J connectivity index is 2.40. The molecule has 0 aromatic heterocycles. The van der Waals surface area contributed by atoms with Crippen molar-refractivity contribution in [3.8, 4) is 0 Å². The molecule has 2 nitrogen and oxygen atoms in total. The van der Waals surface area contributed by atoms with Gasteiger partial charge >= 0.3 is 0 Å². The first-order valence-electron chi connectivity index (χ1n) is 6.93. The fourth-order valence-electron chi connectivity index (χ4n) is 2.16. The summed E-state index contributed by atoms with van der Waals surface area (Å²) >= 11 is 0. The first-order chi connectivity index (χ1) is 8.65. The van der Waals surface area contributed by atoms with E-state index in [1.165, 1.54) is 19.3 Å². The Hall–Kier alpha value is -1.15. The third-order valence-corrected chi connectivity index (χ3v) is 3.23. The van der Waals surface area contributed by atoms with Crippen molar-refractivity contribution in [3.63, 3.8) is 0 Å². The Morgan fingerprint density at radius 2 is 1.89 bits per heavy atom. The maximum absolute atomic E-state index is 12.2. The number of ketones is 1. The minimum absolute atomic E-state index is 0.0685. The number of Topliss-reactive ketones (excluding diaryl/α,β-unsaturated/α-hetero) is 1. The number of hydrogen-bond acceptors (Lipinski definition) is 2. The summed E-state index contributed by atoms with van der Waals surface area (Å²) in [5.41, 5.74) is 0.826. The van der Waals surface area contributed by atoms with E-state index >= 15 is 0 Å². The highest BCUT2D eigenvalue weighted by Crippen LogP contribution is 2.10. The highest BCUT2D eigenvalue weighted by molar-refractivity contribution is 5.97. The van der Waals surface area contributed by atoms with E-state index in [1.54, 1.807) is 0 Å². The van der Waals surface area contributed by atoms with Crippen molar-refractivity contribution in [1.82, 2.24) is 4.90 Å². The summed E-state index contributed by atoms with van der Waals surface area (Å²) in [6.07, 6.45) is 3.73. The van der Waals surface area contributed by atoms with Crippen molar-refractivity contribution < 1.29 is 4.79 Å². The van der Waals surface area contributed by atoms with Crippen molar-refractivity contribution in [3.05, 3.63) is 35.9 Å². The molecular formula is C16H25NO. The van der Waals surface area contributed by atoms with Gasteiger partial charge in [-0.1, -0.05) is 57.0 Å². The molecule has 18 heavy (non-hydrogen) atoms. The molecule has 100 valence electrons. The lowest BCUT2D eigenvalue weighted by Gasteiger charge is -2.20. The van der Waals surface area contributed by atoms with Gasteiger partial charge in [-0.3, -0.25) is 4.79 Å². The molecule has 0 fully saturated rings. The van der Waals surface area contributed by atoms with E-state index in [9.17, 15) is 4.79 Å². The van der Waals surface area contributed by atoms with Crippen molar-refractivity contribution in [2.24, 2.45) is 5.92 Å². The average molecular weight is 247 g/mol. The maximum atomic E-state index is 12.2. The molecule has 0 heterocycles. The summed E-state index contributed by atoms with van der Waals surface area (Å²) in [6, 6.07) is 9.58. The molecule has 0 aliphatic heterocycles. The molecule has 0 saturated heterocycles. The van der Waals surface area contributed by atoms with Crippen LogP contribution in [0.2, 0.25) is 0 Å². The standard InChI is InChI=1S/C16H25NO/c1-4-5-9-12-17(3)13-14(2)16(18)15-10-7-6-8-11-15/h6-8,10-11,14H,4-5,9,12-13H2,1-3H3. The van der Waals surface area contributed by atoms with E-state index in [0.29, 0.717) is 0 Å². The molecular weight excluding hydrogens is 222 g/mol. The van der Waals surface area contributed by atoms with Crippen LogP contribution >= 0.6 is 0 Å². The molecule has 0 amide bonds. The maximum Gasteiger partial charge on any atom is 0.166 e. The summed E-state index contributed by atoms with van der Waals surface area (Å²) in [4.78, 5) is 14.4. The number of benzene rings is 1. The third kappa shape index (κ3) is 5.01. The summed E-state index contributed by atoms with van der Waals surface area (Å²) < 4.78 is 0. The number of carbonyl (C=O) groups is 1. The van der Waals surface area contributed by atoms with E-state index in [1.807, 2.05) is 37.3 Å². The number of unbranched alkanes of at least 4 members (excludes halogenated alkanes) is 2. The van der Waals surface area contributed by atoms with Crippen LogP contribution in [-0.2, 0) is 0 Å². The first kappa shape index (κ1) is 14.9. The van der Waals surface area contributed by atoms with Gasteiger partial charge in [-0.05, 0) is 20.0 Å². The lowest BCUT2D eigenvalue weighted by molar-refractivity contribution is 0.0903. The van der Waals surface area contributed by atoms with Crippen LogP contribution in [0.25, 0.3) is 0 Å². The molecule has 0 spiro atoms. The van der Waals surface area contributed by atoms with Gasteiger partial charge in [-0.15, -0.1) is 0 Å². The van der Waals surface area contributed by atoms with Gasteiger partial charge in [-0.25, -0.2) is 0 Å². The Labute approximate surface area is 111 Å². The van der Waals surface area contributed by atoms with Gasteiger partial charge < -0.3 is 4.90 Å². The summed E-state index contributed by atoms with van der Waals surface area (Å²) in [6.45, 7) is 6.16. The number of hydrogen-bond donors (Lipinski definition) is 0. The molecule has 1 aromatic rings. The highest BCUT2D eigenvalue weighted by Gasteiger charge is 2.16. The summed E-state index contributed by atoms with van der Waals surface area (Å²) in [5.74, 6) is 0.317. The molecule has 0 saturated carbocycles. The fraction of sp³-hybridized carbons (Fsp3) is 0.562. The van der Waals surface area contributed by atoms with Gasteiger partial charge in [0.2, 0.25) is 0 Å². The molecule has 0 N–H and O–H groups in total. The Bertz CT molecular complexity index is 347. The summed E-state index contributed by atoms with van der Waals surface area (Å²) in [7, 11) is 2.10. The lowest BCUT2D eigenvalue weighted by atomic mass is 9.99. The van der Waals surface area contributed by atoms with Crippen LogP contribution in [0.3, 0.4) is 0 Å². The van der Waals surface area contributed by atoms with Gasteiger partial charge in [0.05, 0.1) is 0 Å².